The highest BCUT2D eigenvalue weighted by Gasteiger charge is 2.28. The van der Waals surface area contributed by atoms with E-state index in [4.69, 9.17) is 5.73 Å². The summed E-state index contributed by atoms with van der Waals surface area (Å²) in [6.45, 7) is 7.69. The lowest BCUT2D eigenvalue weighted by Gasteiger charge is -2.38. The van der Waals surface area contributed by atoms with Crippen molar-refractivity contribution >= 4 is 5.91 Å². The summed E-state index contributed by atoms with van der Waals surface area (Å²) in [5.74, 6) is 1.67. The maximum Gasteiger partial charge on any atom is 0.236 e. The quantitative estimate of drug-likeness (QED) is 0.853. The molecular weight excluding hydrogens is 250 g/mol. The van der Waals surface area contributed by atoms with Gasteiger partial charge in [-0.1, -0.05) is 26.2 Å². The van der Waals surface area contributed by atoms with Crippen LogP contribution in [0.5, 0.6) is 0 Å². The summed E-state index contributed by atoms with van der Waals surface area (Å²) in [5, 5.41) is 0. The van der Waals surface area contributed by atoms with Crippen LogP contribution in [0, 0.1) is 11.8 Å². The average molecular weight is 281 g/mol. The third-order valence-corrected chi connectivity index (χ3v) is 5.12. The number of carbonyl (C=O) groups excluding carboxylic acids is 1. The van der Waals surface area contributed by atoms with Gasteiger partial charge in [0.05, 0.1) is 6.54 Å². The third kappa shape index (κ3) is 4.19. The van der Waals surface area contributed by atoms with Crippen LogP contribution in [0.2, 0.25) is 0 Å². The Morgan fingerprint density at radius 2 is 1.80 bits per heavy atom. The molecule has 4 heteroatoms. The van der Waals surface area contributed by atoms with E-state index in [9.17, 15) is 4.79 Å². The molecule has 1 amide bonds. The van der Waals surface area contributed by atoms with Gasteiger partial charge < -0.3 is 10.6 Å². The Labute approximate surface area is 123 Å². The van der Waals surface area contributed by atoms with Crippen LogP contribution in [0.4, 0.5) is 0 Å². The van der Waals surface area contributed by atoms with Gasteiger partial charge in [-0.25, -0.2) is 0 Å². The Hall–Kier alpha value is -0.610. The fourth-order valence-electron chi connectivity index (χ4n) is 3.68. The summed E-state index contributed by atoms with van der Waals surface area (Å²) < 4.78 is 0. The van der Waals surface area contributed by atoms with E-state index >= 15 is 0 Å². The molecule has 20 heavy (non-hydrogen) atoms. The first-order valence-corrected chi connectivity index (χ1v) is 8.44. The van der Waals surface area contributed by atoms with Gasteiger partial charge in [-0.15, -0.1) is 0 Å². The van der Waals surface area contributed by atoms with E-state index in [1.54, 1.807) is 0 Å². The molecule has 0 bridgehead atoms. The van der Waals surface area contributed by atoms with E-state index in [1.807, 2.05) is 0 Å². The molecule has 116 valence electrons. The molecule has 0 spiro atoms. The van der Waals surface area contributed by atoms with Crippen molar-refractivity contribution in [2.24, 2.45) is 17.6 Å². The van der Waals surface area contributed by atoms with Crippen LogP contribution in [0.3, 0.4) is 0 Å². The lowest BCUT2D eigenvalue weighted by Crippen LogP contribution is -2.47. The molecule has 2 aliphatic rings. The molecule has 0 aromatic heterocycles. The van der Waals surface area contributed by atoms with Crippen LogP contribution in [0.15, 0.2) is 0 Å². The second kappa shape index (κ2) is 7.99. The van der Waals surface area contributed by atoms with Gasteiger partial charge in [0.2, 0.25) is 5.91 Å². The Kier molecular flexibility index (Phi) is 6.30. The molecule has 2 fully saturated rings. The van der Waals surface area contributed by atoms with Crippen molar-refractivity contribution < 1.29 is 4.79 Å². The first-order chi connectivity index (χ1) is 9.74. The Morgan fingerprint density at radius 3 is 2.40 bits per heavy atom. The number of nitrogens with zero attached hydrogens (tertiary/aromatic N) is 2. The Bertz CT molecular complexity index is 300. The van der Waals surface area contributed by atoms with Crippen molar-refractivity contribution in [3.63, 3.8) is 0 Å². The first-order valence-electron chi connectivity index (χ1n) is 8.44. The second-order valence-electron chi connectivity index (χ2n) is 6.48. The van der Waals surface area contributed by atoms with Gasteiger partial charge in [0.1, 0.15) is 0 Å². The number of nitrogens with two attached hydrogens (primary N) is 1. The maximum atomic E-state index is 12.4. The molecule has 4 nitrogen and oxygen atoms in total. The van der Waals surface area contributed by atoms with Crippen LogP contribution in [-0.2, 0) is 4.79 Å². The number of likely N-dealkylation sites (tertiary alicyclic amines) is 2. The molecule has 2 N–H and O–H groups in total. The normalized spacial score (nSPS) is 29.2. The molecule has 2 rings (SSSR count). The highest BCUT2D eigenvalue weighted by molar-refractivity contribution is 5.78. The molecule has 0 aromatic rings. The van der Waals surface area contributed by atoms with E-state index in [0.29, 0.717) is 24.3 Å². The van der Waals surface area contributed by atoms with Gasteiger partial charge in [0.25, 0.3) is 0 Å². The minimum absolute atomic E-state index is 0.341. The smallest absolute Gasteiger partial charge is 0.236 e. The SMILES string of the molecule is CCC1CN(CC(=O)N2CCCCCC2)CCC1CN. The molecular formula is C16H31N3O. The lowest BCUT2D eigenvalue weighted by atomic mass is 9.84. The van der Waals surface area contributed by atoms with Gasteiger partial charge in [-0.05, 0) is 44.2 Å². The van der Waals surface area contributed by atoms with Crippen LogP contribution < -0.4 is 5.73 Å². The van der Waals surface area contributed by atoms with E-state index in [1.165, 1.54) is 32.1 Å². The topological polar surface area (TPSA) is 49.6 Å². The van der Waals surface area contributed by atoms with Crippen LogP contribution in [0.1, 0.15) is 45.4 Å². The van der Waals surface area contributed by atoms with Gasteiger partial charge >= 0.3 is 0 Å². The van der Waals surface area contributed by atoms with Gasteiger partial charge in [0.15, 0.2) is 0 Å². The summed E-state index contributed by atoms with van der Waals surface area (Å²) in [5.41, 5.74) is 5.86. The first kappa shape index (κ1) is 15.8. The van der Waals surface area contributed by atoms with Crippen LogP contribution in [-0.4, -0.2) is 55.0 Å². The fourth-order valence-corrected chi connectivity index (χ4v) is 3.68. The highest BCUT2D eigenvalue weighted by Crippen LogP contribution is 2.25. The number of rotatable bonds is 4. The number of hydrogen-bond donors (Lipinski definition) is 1. The fraction of sp³-hybridized carbons (Fsp3) is 0.938. The summed E-state index contributed by atoms with van der Waals surface area (Å²) in [6.07, 6.45) is 7.25. The van der Waals surface area contributed by atoms with Crippen molar-refractivity contribution in [3.8, 4) is 0 Å². The summed E-state index contributed by atoms with van der Waals surface area (Å²) in [4.78, 5) is 16.9. The average Bonchev–Trinajstić information content (AvgIpc) is 2.76. The van der Waals surface area contributed by atoms with Gasteiger partial charge in [-0.2, -0.15) is 0 Å². The summed E-state index contributed by atoms with van der Waals surface area (Å²) in [6, 6.07) is 0. The molecule has 0 saturated carbocycles. The summed E-state index contributed by atoms with van der Waals surface area (Å²) in [7, 11) is 0. The van der Waals surface area contributed by atoms with Crippen LogP contribution in [0.25, 0.3) is 0 Å². The zero-order valence-electron chi connectivity index (χ0n) is 13.0. The minimum atomic E-state index is 0.341. The lowest BCUT2D eigenvalue weighted by molar-refractivity contribution is -0.133. The molecule has 2 atom stereocenters. The van der Waals surface area contributed by atoms with Crippen molar-refractivity contribution in [2.75, 3.05) is 39.3 Å². The molecule has 0 aromatic carbocycles. The molecule has 0 aliphatic carbocycles. The Balaban J connectivity index is 1.81. The monoisotopic (exact) mass is 281 g/mol. The number of carbonyl (C=O) groups is 1. The predicted octanol–water partition coefficient (Wildman–Crippen LogP) is 1.70. The largest absolute Gasteiger partial charge is 0.342 e. The van der Waals surface area contributed by atoms with Gasteiger partial charge in [0, 0.05) is 19.6 Å². The van der Waals surface area contributed by atoms with Gasteiger partial charge in [-0.3, -0.25) is 9.69 Å². The number of amides is 1. The van der Waals surface area contributed by atoms with E-state index in [2.05, 4.69) is 16.7 Å². The molecule has 2 heterocycles. The van der Waals surface area contributed by atoms with Crippen molar-refractivity contribution in [3.05, 3.63) is 0 Å². The second-order valence-corrected chi connectivity index (χ2v) is 6.48. The Morgan fingerprint density at radius 1 is 1.10 bits per heavy atom. The summed E-state index contributed by atoms with van der Waals surface area (Å²) >= 11 is 0. The zero-order chi connectivity index (χ0) is 14.4. The van der Waals surface area contributed by atoms with Crippen molar-refractivity contribution in [1.29, 1.82) is 0 Å². The van der Waals surface area contributed by atoms with Crippen molar-refractivity contribution in [2.45, 2.75) is 45.4 Å². The standard InChI is InChI=1S/C16H31N3O/c1-2-14-12-18(10-7-15(14)11-17)13-16(20)19-8-5-3-4-6-9-19/h14-15H,2-13,17H2,1H3. The van der Waals surface area contributed by atoms with E-state index in [-0.39, 0.29) is 0 Å². The highest BCUT2D eigenvalue weighted by atomic mass is 16.2. The van der Waals surface area contributed by atoms with E-state index in [0.717, 1.165) is 39.1 Å². The molecule has 2 saturated heterocycles. The predicted molar refractivity (Wildman–Crippen MR) is 82.4 cm³/mol. The number of hydrogen-bond acceptors (Lipinski definition) is 3. The minimum Gasteiger partial charge on any atom is -0.342 e. The molecule has 0 radical (unpaired) electrons. The zero-order valence-corrected chi connectivity index (χ0v) is 13.0. The number of piperidine rings is 1. The molecule has 2 aliphatic heterocycles. The van der Waals surface area contributed by atoms with E-state index < -0.39 is 0 Å². The van der Waals surface area contributed by atoms with Crippen LogP contribution >= 0.6 is 0 Å². The maximum absolute atomic E-state index is 12.4. The third-order valence-electron chi connectivity index (χ3n) is 5.12. The molecule has 2 unspecified atom stereocenters. The van der Waals surface area contributed by atoms with Crippen molar-refractivity contribution in [1.82, 2.24) is 9.80 Å².